The summed E-state index contributed by atoms with van der Waals surface area (Å²) in [6, 6.07) is 8.16. The van der Waals surface area contributed by atoms with Crippen molar-refractivity contribution >= 4 is 22.4 Å². The Bertz CT molecular complexity index is 664. The van der Waals surface area contributed by atoms with E-state index >= 15 is 0 Å². The molecule has 0 amide bonds. The minimum Gasteiger partial charge on any atom is -0.326 e. The SMILES string of the molecule is NCc1ccc(CS(=O)c2ccc(F)cc2F)c(Cl)c1. The third kappa shape index (κ3) is 3.42. The second-order valence-electron chi connectivity index (χ2n) is 4.19. The molecule has 0 radical (unpaired) electrons. The average molecular weight is 316 g/mol. The molecule has 0 fully saturated rings. The van der Waals surface area contributed by atoms with Crippen LogP contribution in [0, 0.1) is 11.6 Å². The molecular formula is C14H12ClF2NOS. The average Bonchev–Trinajstić information content (AvgIpc) is 2.40. The molecule has 0 aliphatic heterocycles. The molecule has 6 heteroatoms. The quantitative estimate of drug-likeness (QED) is 0.940. The van der Waals surface area contributed by atoms with Gasteiger partial charge in [-0.2, -0.15) is 0 Å². The van der Waals surface area contributed by atoms with Crippen LogP contribution >= 0.6 is 11.6 Å². The zero-order valence-corrected chi connectivity index (χ0v) is 12.0. The Morgan fingerprint density at radius 1 is 1.15 bits per heavy atom. The van der Waals surface area contributed by atoms with Gasteiger partial charge in [0.2, 0.25) is 0 Å². The van der Waals surface area contributed by atoms with E-state index in [9.17, 15) is 13.0 Å². The van der Waals surface area contributed by atoms with Crippen LogP contribution in [0.15, 0.2) is 41.3 Å². The molecule has 106 valence electrons. The van der Waals surface area contributed by atoms with Crippen molar-refractivity contribution in [2.75, 3.05) is 0 Å². The van der Waals surface area contributed by atoms with Crippen LogP contribution in [-0.4, -0.2) is 4.21 Å². The lowest BCUT2D eigenvalue weighted by Gasteiger charge is -2.07. The van der Waals surface area contributed by atoms with Crippen molar-refractivity contribution in [1.29, 1.82) is 0 Å². The maximum atomic E-state index is 13.5. The van der Waals surface area contributed by atoms with Gasteiger partial charge in [0.15, 0.2) is 0 Å². The Balaban J connectivity index is 2.23. The van der Waals surface area contributed by atoms with Crippen LogP contribution in [0.4, 0.5) is 8.78 Å². The van der Waals surface area contributed by atoms with Crippen molar-refractivity contribution in [2.45, 2.75) is 17.2 Å². The van der Waals surface area contributed by atoms with E-state index in [-0.39, 0.29) is 10.6 Å². The number of halogens is 3. The van der Waals surface area contributed by atoms with E-state index in [2.05, 4.69) is 0 Å². The van der Waals surface area contributed by atoms with Crippen LogP contribution in [-0.2, 0) is 23.1 Å². The summed E-state index contributed by atoms with van der Waals surface area (Å²) in [4.78, 5) is -0.0367. The molecular weight excluding hydrogens is 304 g/mol. The topological polar surface area (TPSA) is 43.1 Å². The Kier molecular flexibility index (Phi) is 4.86. The predicted molar refractivity (Wildman–Crippen MR) is 75.8 cm³/mol. The smallest absolute Gasteiger partial charge is 0.142 e. The highest BCUT2D eigenvalue weighted by atomic mass is 35.5. The van der Waals surface area contributed by atoms with E-state index in [4.69, 9.17) is 17.3 Å². The van der Waals surface area contributed by atoms with Crippen LogP contribution in [0.3, 0.4) is 0 Å². The molecule has 2 nitrogen and oxygen atoms in total. The highest BCUT2D eigenvalue weighted by molar-refractivity contribution is 7.84. The van der Waals surface area contributed by atoms with Gasteiger partial charge in [-0.15, -0.1) is 0 Å². The number of hydrogen-bond donors (Lipinski definition) is 1. The molecule has 0 spiro atoms. The minimum absolute atomic E-state index is 0.0367. The van der Waals surface area contributed by atoms with Crippen LogP contribution < -0.4 is 5.73 Å². The molecule has 2 aromatic rings. The van der Waals surface area contributed by atoms with E-state index < -0.39 is 22.4 Å². The highest BCUT2D eigenvalue weighted by Crippen LogP contribution is 2.23. The van der Waals surface area contributed by atoms with Crippen LogP contribution in [0.2, 0.25) is 5.02 Å². The Labute approximate surface area is 123 Å². The van der Waals surface area contributed by atoms with E-state index in [0.29, 0.717) is 23.2 Å². The second-order valence-corrected chi connectivity index (χ2v) is 6.02. The summed E-state index contributed by atoms with van der Waals surface area (Å²) in [6.45, 7) is 0.357. The zero-order valence-electron chi connectivity index (χ0n) is 10.4. The lowest BCUT2D eigenvalue weighted by molar-refractivity contribution is 0.562. The second kappa shape index (κ2) is 6.43. The first-order valence-electron chi connectivity index (χ1n) is 5.82. The number of rotatable bonds is 4. The summed E-state index contributed by atoms with van der Waals surface area (Å²) in [5, 5.41) is 0.434. The van der Waals surface area contributed by atoms with Crippen molar-refractivity contribution in [3.05, 3.63) is 64.2 Å². The molecule has 0 bridgehead atoms. The molecule has 0 saturated carbocycles. The van der Waals surface area contributed by atoms with Gasteiger partial charge in [0.05, 0.1) is 21.4 Å². The van der Waals surface area contributed by atoms with Gasteiger partial charge >= 0.3 is 0 Å². The largest absolute Gasteiger partial charge is 0.326 e. The predicted octanol–water partition coefficient (Wildman–Crippen LogP) is 3.38. The molecule has 0 heterocycles. The molecule has 0 aromatic heterocycles. The lowest BCUT2D eigenvalue weighted by atomic mass is 10.1. The normalized spacial score (nSPS) is 12.4. The summed E-state index contributed by atoms with van der Waals surface area (Å²) in [7, 11) is -1.63. The number of benzene rings is 2. The molecule has 2 aromatic carbocycles. The first kappa shape index (κ1) is 15.1. The van der Waals surface area contributed by atoms with Gasteiger partial charge < -0.3 is 5.73 Å². The number of hydrogen-bond acceptors (Lipinski definition) is 2. The molecule has 1 unspecified atom stereocenters. The monoisotopic (exact) mass is 315 g/mol. The fourth-order valence-corrected chi connectivity index (χ4v) is 3.25. The van der Waals surface area contributed by atoms with Gasteiger partial charge in [-0.25, -0.2) is 8.78 Å². The van der Waals surface area contributed by atoms with E-state index in [1.54, 1.807) is 18.2 Å². The van der Waals surface area contributed by atoms with Crippen LogP contribution in [0.5, 0.6) is 0 Å². The lowest BCUT2D eigenvalue weighted by Crippen LogP contribution is -2.02. The molecule has 0 saturated heterocycles. The van der Waals surface area contributed by atoms with Gasteiger partial charge in [0, 0.05) is 17.6 Å². The third-order valence-electron chi connectivity index (χ3n) is 2.78. The Morgan fingerprint density at radius 3 is 2.50 bits per heavy atom. The Hall–Kier alpha value is -1.30. The molecule has 0 aliphatic rings. The van der Waals surface area contributed by atoms with Crippen molar-refractivity contribution in [3.63, 3.8) is 0 Å². The van der Waals surface area contributed by atoms with Crippen LogP contribution in [0.1, 0.15) is 11.1 Å². The Morgan fingerprint density at radius 2 is 1.90 bits per heavy atom. The third-order valence-corrected chi connectivity index (χ3v) is 4.53. The van der Waals surface area contributed by atoms with Crippen molar-refractivity contribution < 1.29 is 13.0 Å². The van der Waals surface area contributed by atoms with Gasteiger partial charge in [0.1, 0.15) is 11.6 Å². The van der Waals surface area contributed by atoms with Crippen molar-refractivity contribution in [1.82, 2.24) is 0 Å². The summed E-state index contributed by atoms with van der Waals surface area (Å²) < 4.78 is 38.5. The van der Waals surface area contributed by atoms with E-state index in [0.717, 1.165) is 11.6 Å². The summed E-state index contributed by atoms with van der Waals surface area (Å²) >= 11 is 6.06. The fourth-order valence-electron chi connectivity index (χ4n) is 1.71. The van der Waals surface area contributed by atoms with Crippen molar-refractivity contribution in [3.8, 4) is 0 Å². The summed E-state index contributed by atoms with van der Waals surface area (Å²) in [6.07, 6.45) is 0. The first-order chi connectivity index (χ1) is 9.51. The zero-order chi connectivity index (χ0) is 14.7. The molecule has 2 rings (SSSR count). The van der Waals surface area contributed by atoms with Crippen LogP contribution in [0.25, 0.3) is 0 Å². The summed E-state index contributed by atoms with van der Waals surface area (Å²) in [5.41, 5.74) is 6.98. The van der Waals surface area contributed by atoms with Gasteiger partial charge in [-0.05, 0) is 29.3 Å². The molecule has 2 N–H and O–H groups in total. The standard InChI is InChI=1S/C14H12ClF2NOS/c15-12-5-9(7-18)1-2-10(12)8-20(19)14-4-3-11(16)6-13(14)17/h1-6H,7-8,18H2. The van der Waals surface area contributed by atoms with E-state index in [1.807, 2.05) is 0 Å². The maximum Gasteiger partial charge on any atom is 0.142 e. The fraction of sp³-hybridized carbons (Fsp3) is 0.143. The van der Waals surface area contributed by atoms with E-state index in [1.165, 1.54) is 6.07 Å². The minimum atomic E-state index is -1.63. The molecule has 0 aliphatic carbocycles. The maximum absolute atomic E-state index is 13.5. The number of nitrogens with two attached hydrogens (primary N) is 1. The molecule has 20 heavy (non-hydrogen) atoms. The highest BCUT2D eigenvalue weighted by Gasteiger charge is 2.13. The van der Waals surface area contributed by atoms with Gasteiger partial charge in [-0.1, -0.05) is 23.7 Å². The first-order valence-corrected chi connectivity index (χ1v) is 7.51. The van der Waals surface area contributed by atoms with Gasteiger partial charge in [0.25, 0.3) is 0 Å². The summed E-state index contributed by atoms with van der Waals surface area (Å²) in [5.74, 6) is -1.46. The van der Waals surface area contributed by atoms with Gasteiger partial charge in [-0.3, -0.25) is 4.21 Å². The van der Waals surface area contributed by atoms with Crippen molar-refractivity contribution in [2.24, 2.45) is 5.73 Å². The molecule has 1 atom stereocenters.